The maximum atomic E-state index is 12.3. The van der Waals surface area contributed by atoms with Gasteiger partial charge in [0.1, 0.15) is 0 Å². The van der Waals surface area contributed by atoms with Gasteiger partial charge in [0.15, 0.2) is 9.84 Å². The summed E-state index contributed by atoms with van der Waals surface area (Å²) < 4.78 is 24.6. The lowest BCUT2D eigenvalue weighted by molar-refractivity contribution is -0.129. The van der Waals surface area contributed by atoms with E-state index in [0.29, 0.717) is 11.9 Å². The molecule has 6 heteroatoms. The molecule has 4 nitrogen and oxygen atoms in total. The van der Waals surface area contributed by atoms with Crippen LogP contribution in [-0.2, 0) is 14.6 Å². The number of rotatable bonds is 4. The molecular formula is C13H16BrNO3S. The van der Waals surface area contributed by atoms with Gasteiger partial charge in [-0.25, -0.2) is 8.42 Å². The highest BCUT2D eigenvalue weighted by molar-refractivity contribution is 9.09. The summed E-state index contributed by atoms with van der Waals surface area (Å²) in [6.07, 6.45) is 0. The first kappa shape index (κ1) is 14.5. The summed E-state index contributed by atoms with van der Waals surface area (Å²) in [7, 11) is -1.70. The summed E-state index contributed by atoms with van der Waals surface area (Å²) in [5.41, 5.74) is 0. The zero-order valence-electron chi connectivity index (χ0n) is 10.6. The van der Waals surface area contributed by atoms with Crippen LogP contribution < -0.4 is 0 Å². The van der Waals surface area contributed by atoms with Crippen LogP contribution in [0.2, 0.25) is 0 Å². The number of hydrogen-bond acceptors (Lipinski definition) is 3. The van der Waals surface area contributed by atoms with E-state index in [0.717, 1.165) is 0 Å². The van der Waals surface area contributed by atoms with Gasteiger partial charge in [-0.1, -0.05) is 34.1 Å². The normalized spacial score (nSPS) is 23.9. The Morgan fingerprint density at radius 1 is 1.32 bits per heavy atom. The Hall–Kier alpha value is -0.880. The Bertz CT molecular complexity index is 559. The smallest absolute Gasteiger partial charge is 0.226 e. The number of alkyl halides is 1. The first-order valence-electron chi connectivity index (χ1n) is 6.04. The molecule has 0 N–H and O–H groups in total. The summed E-state index contributed by atoms with van der Waals surface area (Å²) in [6, 6.07) is 8.30. The minimum Gasteiger partial charge on any atom is -0.345 e. The van der Waals surface area contributed by atoms with E-state index < -0.39 is 15.8 Å². The predicted molar refractivity (Wildman–Crippen MR) is 76.9 cm³/mol. The van der Waals surface area contributed by atoms with E-state index in [9.17, 15) is 13.2 Å². The molecule has 104 valence electrons. The fraction of sp³-hybridized carbons (Fsp3) is 0.462. The van der Waals surface area contributed by atoms with Crippen molar-refractivity contribution in [1.82, 2.24) is 4.90 Å². The van der Waals surface area contributed by atoms with Crippen molar-refractivity contribution in [2.45, 2.75) is 4.90 Å². The van der Waals surface area contributed by atoms with Gasteiger partial charge >= 0.3 is 0 Å². The van der Waals surface area contributed by atoms with Crippen LogP contribution in [0.25, 0.3) is 0 Å². The lowest BCUT2D eigenvalue weighted by atomic mass is 10.00. The molecule has 1 aliphatic rings. The predicted octanol–water partition coefficient (Wildman–Crippen LogP) is 1.56. The van der Waals surface area contributed by atoms with E-state index in [1.165, 1.54) is 0 Å². The monoisotopic (exact) mass is 345 g/mol. The molecule has 1 fully saturated rings. The third-order valence-corrected chi connectivity index (χ3v) is 6.09. The Kier molecular flexibility index (Phi) is 4.30. The van der Waals surface area contributed by atoms with Gasteiger partial charge < -0.3 is 4.90 Å². The van der Waals surface area contributed by atoms with Crippen LogP contribution in [0.4, 0.5) is 0 Å². The van der Waals surface area contributed by atoms with Gasteiger partial charge in [0.05, 0.1) is 16.6 Å². The van der Waals surface area contributed by atoms with Gasteiger partial charge in [0, 0.05) is 18.9 Å². The standard InChI is InChI=1S/C13H16BrNO3S/c1-15-8-10(7-14)12(13(15)16)9-19(17,18)11-5-3-2-4-6-11/h2-6,10,12H,7-9H2,1H3. The van der Waals surface area contributed by atoms with Crippen LogP contribution in [0.15, 0.2) is 35.2 Å². The topological polar surface area (TPSA) is 54.5 Å². The van der Waals surface area contributed by atoms with Gasteiger partial charge in [-0.3, -0.25) is 4.79 Å². The van der Waals surface area contributed by atoms with E-state index in [1.54, 1.807) is 42.3 Å². The van der Waals surface area contributed by atoms with Crippen LogP contribution in [0.3, 0.4) is 0 Å². The van der Waals surface area contributed by atoms with Crippen molar-refractivity contribution < 1.29 is 13.2 Å². The Labute approximate surface area is 121 Å². The molecule has 0 bridgehead atoms. The minimum absolute atomic E-state index is 0.0518. The molecule has 2 unspecified atom stereocenters. The zero-order valence-corrected chi connectivity index (χ0v) is 13.0. The highest BCUT2D eigenvalue weighted by Crippen LogP contribution is 2.28. The summed E-state index contributed by atoms with van der Waals surface area (Å²) in [5, 5.41) is 0.637. The van der Waals surface area contributed by atoms with Crippen molar-refractivity contribution >= 4 is 31.7 Å². The van der Waals surface area contributed by atoms with Gasteiger partial charge in [-0.05, 0) is 18.1 Å². The van der Waals surface area contributed by atoms with Crippen molar-refractivity contribution in [2.75, 3.05) is 24.7 Å². The lowest BCUT2D eigenvalue weighted by Crippen LogP contribution is -2.28. The van der Waals surface area contributed by atoms with Crippen LogP contribution in [0.1, 0.15) is 0 Å². The number of amides is 1. The number of nitrogens with zero attached hydrogens (tertiary/aromatic N) is 1. The quantitative estimate of drug-likeness (QED) is 0.778. The summed E-state index contributed by atoms with van der Waals surface area (Å²) in [6.45, 7) is 0.610. The van der Waals surface area contributed by atoms with Crippen molar-refractivity contribution in [1.29, 1.82) is 0 Å². The fourth-order valence-corrected chi connectivity index (χ4v) is 4.69. The third kappa shape index (κ3) is 3.00. The Morgan fingerprint density at radius 3 is 2.53 bits per heavy atom. The van der Waals surface area contributed by atoms with Gasteiger partial charge in [0.25, 0.3) is 0 Å². The number of carbonyl (C=O) groups excluding carboxylic acids is 1. The molecule has 2 rings (SSSR count). The molecule has 0 aromatic heterocycles. The molecule has 1 saturated heterocycles. The third-order valence-electron chi connectivity index (χ3n) is 3.47. The molecule has 1 aliphatic heterocycles. The number of hydrogen-bond donors (Lipinski definition) is 0. The minimum atomic E-state index is -3.41. The van der Waals surface area contributed by atoms with E-state index >= 15 is 0 Å². The van der Waals surface area contributed by atoms with Crippen molar-refractivity contribution in [2.24, 2.45) is 11.8 Å². The second-order valence-corrected chi connectivity index (χ2v) is 7.52. The van der Waals surface area contributed by atoms with Gasteiger partial charge in [-0.2, -0.15) is 0 Å². The van der Waals surface area contributed by atoms with Crippen LogP contribution >= 0.6 is 15.9 Å². The Morgan fingerprint density at radius 2 is 1.95 bits per heavy atom. The number of likely N-dealkylation sites (tertiary alicyclic amines) is 1. The van der Waals surface area contributed by atoms with Crippen molar-refractivity contribution in [3.8, 4) is 0 Å². The van der Waals surface area contributed by atoms with Crippen LogP contribution in [-0.4, -0.2) is 43.9 Å². The summed E-state index contributed by atoms with van der Waals surface area (Å²) in [4.78, 5) is 13.9. The largest absolute Gasteiger partial charge is 0.345 e. The first-order valence-corrected chi connectivity index (χ1v) is 8.82. The maximum absolute atomic E-state index is 12.3. The average molecular weight is 346 g/mol. The molecule has 0 spiro atoms. The molecule has 0 saturated carbocycles. The molecule has 0 aliphatic carbocycles. The molecular weight excluding hydrogens is 330 g/mol. The maximum Gasteiger partial charge on any atom is 0.226 e. The highest BCUT2D eigenvalue weighted by atomic mass is 79.9. The number of benzene rings is 1. The van der Waals surface area contributed by atoms with E-state index in [4.69, 9.17) is 0 Å². The number of halogens is 1. The lowest BCUT2D eigenvalue weighted by Gasteiger charge is -2.14. The Balaban J connectivity index is 2.23. The molecule has 1 aromatic rings. The van der Waals surface area contributed by atoms with Crippen molar-refractivity contribution in [3.63, 3.8) is 0 Å². The average Bonchev–Trinajstić information content (AvgIpc) is 2.67. The molecule has 1 heterocycles. The molecule has 19 heavy (non-hydrogen) atoms. The fourth-order valence-electron chi connectivity index (χ4n) is 2.38. The molecule has 2 atom stereocenters. The van der Waals surface area contributed by atoms with Crippen molar-refractivity contribution in [3.05, 3.63) is 30.3 Å². The van der Waals surface area contributed by atoms with Gasteiger partial charge in [0.2, 0.25) is 5.91 Å². The van der Waals surface area contributed by atoms with E-state index in [2.05, 4.69) is 15.9 Å². The second-order valence-electron chi connectivity index (χ2n) is 4.83. The van der Waals surface area contributed by atoms with Gasteiger partial charge in [-0.15, -0.1) is 0 Å². The first-order chi connectivity index (χ1) is 8.95. The van der Waals surface area contributed by atoms with E-state index in [-0.39, 0.29) is 22.5 Å². The van der Waals surface area contributed by atoms with Crippen LogP contribution in [0, 0.1) is 11.8 Å². The summed E-state index contributed by atoms with van der Waals surface area (Å²) >= 11 is 3.36. The zero-order chi connectivity index (χ0) is 14.0. The molecule has 1 amide bonds. The number of sulfone groups is 1. The molecule has 0 radical (unpaired) electrons. The number of carbonyl (C=O) groups is 1. The van der Waals surface area contributed by atoms with E-state index in [1.807, 2.05) is 0 Å². The SMILES string of the molecule is CN1CC(CBr)C(CS(=O)(=O)c2ccccc2)C1=O. The molecule has 1 aromatic carbocycles. The second kappa shape index (κ2) is 5.63. The van der Waals surface area contributed by atoms with Crippen LogP contribution in [0.5, 0.6) is 0 Å². The summed E-state index contributed by atoms with van der Waals surface area (Å²) in [5.74, 6) is -0.592. The highest BCUT2D eigenvalue weighted by Gasteiger charge is 2.40.